The van der Waals surface area contributed by atoms with Crippen molar-refractivity contribution >= 4 is 45.1 Å². The molecular formula is C28H30ClFN8O3. The molecule has 2 saturated heterocycles. The summed E-state index contributed by atoms with van der Waals surface area (Å²) in [6.07, 6.45) is 5.31. The Morgan fingerprint density at radius 2 is 2.05 bits per heavy atom. The molecule has 2 aliphatic heterocycles. The SMILES string of the molecule is C=CC(=O)N1CCN(c2nc(O[C@@H]3CN(C)C[C@H]3CC)nc3c(Oc4c(Cl)c(F)cc5[nH]ncc45)nccc23)CC1. The molecule has 0 unspecified atom stereocenters. The number of nitrogens with zero attached hydrogens (tertiary/aromatic N) is 7. The first-order chi connectivity index (χ1) is 19.9. The van der Waals surface area contributed by atoms with E-state index in [1.807, 2.05) is 0 Å². The van der Waals surface area contributed by atoms with Crippen LogP contribution in [-0.4, -0.2) is 93.3 Å². The maximum absolute atomic E-state index is 14.6. The zero-order valence-electron chi connectivity index (χ0n) is 22.8. The van der Waals surface area contributed by atoms with Crippen molar-refractivity contribution in [1.29, 1.82) is 0 Å². The van der Waals surface area contributed by atoms with Crippen molar-refractivity contribution in [2.45, 2.75) is 19.4 Å². The van der Waals surface area contributed by atoms with Gasteiger partial charge in [0.2, 0.25) is 11.8 Å². The van der Waals surface area contributed by atoms with E-state index in [4.69, 9.17) is 31.0 Å². The van der Waals surface area contributed by atoms with Crippen LogP contribution in [0.5, 0.6) is 17.6 Å². The summed E-state index contributed by atoms with van der Waals surface area (Å²) in [5.41, 5.74) is 0.831. The Kier molecular flexibility index (Phi) is 7.35. The first-order valence-corrected chi connectivity index (χ1v) is 13.9. The first kappa shape index (κ1) is 27.2. The molecule has 41 heavy (non-hydrogen) atoms. The molecule has 0 radical (unpaired) electrons. The summed E-state index contributed by atoms with van der Waals surface area (Å²) in [6, 6.07) is 3.27. The number of halogens is 2. The van der Waals surface area contributed by atoms with Gasteiger partial charge in [-0.25, -0.2) is 9.37 Å². The van der Waals surface area contributed by atoms with Crippen LogP contribution in [0.4, 0.5) is 10.2 Å². The highest BCUT2D eigenvalue weighted by molar-refractivity contribution is 6.33. The van der Waals surface area contributed by atoms with E-state index >= 15 is 0 Å². The van der Waals surface area contributed by atoms with E-state index in [9.17, 15) is 9.18 Å². The number of rotatable bonds is 7. The molecule has 0 spiro atoms. The van der Waals surface area contributed by atoms with Gasteiger partial charge in [-0.05, 0) is 25.6 Å². The van der Waals surface area contributed by atoms with Gasteiger partial charge >= 0.3 is 6.01 Å². The number of benzene rings is 1. The van der Waals surface area contributed by atoms with E-state index < -0.39 is 5.82 Å². The fourth-order valence-electron chi connectivity index (χ4n) is 5.54. The highest BCUT2D eigenvalue weighted by atomic mass is 35.5. The number of likely N-dealkylation sites (N-methyl/N-ethyl adjacent to an activating group) is 1. The predicted octanol–water partition coefficient (Wildman–Crippen LogP) is 4.04. The maximum Gasteiger partial charge on any atom is 0.319 e. The van der Waals surface area contributed by atoms with E-state index in [0.717, 1.165) is 19.5 Å². The summed E-state index contributed by atoms with van der Waals surface area (Å²) >= 11 is 6.35. The number of nitrogens with one attached hydrogen (secondary N) is 1. The Balaban J connectivity index is 1.43. The van der Waals surface area contributed by atoms with Crippen molar-refractivity contribution in [3.05, 3.63) is 48.0 Å². The number of fused-ring (bicyclic) bond motifs is 2. The third-order valence-electron chi connectivity index (χ3n) is 7.74. The van der Waals surface area contributed by atoms with Crippen molar-refractivity contribution in [2.24, 2.45) is 5.92 Å². The number of H-pyrrole nitrogens is 1. The van der Waals surface area contributed by atoms with Crippen LogP contribution in [-0.2, 0) is 4.79 Å². The molecule has 2 fully saturated rings. The Morgan fingerprint density at radius 1 is 1.24 bits per heavy atom. The van der Waals surface area contributed by atoms with E-state index in [0.29, 0.717) is 59.7 Å². The van der Waals surface area contributed by atoms with Crippen LogP contribution in [0.15, 0.2) is 37.2 Å². The van der Waals surface area contributed by atoms with Crippen molar-refractivity contribution in [3.8, 4) is 17.6 Å². The molecule has 2 atom stereocenters. The van der Waals surface area contributed by atoms with Gasteiger partial charge in [0.25, 0.3) is 0 Å². The highest BCUT2D eigenvalue weighted by Gasteiger charge is 2.33. The molecule has 11 nitrogen and oxygen atoms in total. The fourth-order valence-corrected chi connectivity index (χ4v) is 5.74. The Morgan fingerprint density at radius 3 is 2.80 bits per heavy atom. The number of amides is 1. The number of carbonyl (C=O) groups is 1. The molecule has 1 N–H and O–H groups in total. The molecule has 2 aliphatic rings. The lowest BCUT2D eigenvalue weighted by molar-refractivity contribution is -0.126. The largest absolute Gasteiger partial charge is 0.458 e. The fraction of sp³-hybridized carbons (Fsp3) is 0.393. The minimum absolute atomic E-state index is 0.0815. The number of anilines is 1. The monoisotopic (exact) mass is 580 g/mol. The van der Waals surface area contributed by atoms with Crippen LogP contribution in [0.25, 0.3) is 21.8 Å². The molecule has 13 heteroatoms. The molecule has 214 valence electrons. The van der Waals surface area contributed by atoms with Crippen LogP contribution in [0.3, 0.4) is 0 Å². The summed E-state index contributed by atoms with van der Waals surface area (Å²) < 4.78 is 27.3. The molecule has 6 rings (SSSR count). The molecule has 0 saturated carbocycles. The van der Waals surface area contributed by atoms with Crippen molar-refractivity contribution < 1.29 is 18.7 Å². The average Bonchev–Trinajstić information content (AvgIpc) is 3.60. The van der Waals surface area contributed by atoms with Crippen LogP contribution in [0, 0.1) is 11.7 Å². The summed E-state index contributed by atoms with van der Waals surface area (Å²) in [5, 5.41) is 7.73. The van der Waals surface area contributed by atoms with Crippen LogP contribution in [0.1, 0.15) is 13.3 Å². The number of hydrogen-bond donors (Lipinski definition) is 1. The zero-order valence-corrected chi connectivity index (χ0v) is 23.6. The Labute approximate surface area is 240 Å². The normalized spacial score (nSPS) is 19.7. The van der Waals surface area contributed by atoms with E-state index in [2.05, 4.69) is 45.5 Å². The second kappa shape index (κ2) is 11.1. The first-order valence-electron chi connectivity index (χ1n) is 13.5. The Hall–Kier alpha value is -4.03. The minimum Gasteiger partial charge on any atom is -0.458 e. The van der Waals surface area contributed by atoms with Crippen molar-refractivity contribution in [1.82, 2.24) is 34.9 Å². The second-order valence-corrected chi connectivity index (χ2v) is 10.7. The van der Waals surface area contributed by atoms with Crippen LogP contribution in [0.2, 0.25) is 5.02 Å². The number of likely N-dealkylation sites (tertiary alicyclic amines) is 1. The molecule has 5 heterocycles. The van der Waals surface area contributed by atoms with Gasteiger partial charge in [0.15, 0.2) is 5.75 Å². The standard InChI is InChI=1S/C28H30ClFN8O3/c1-4-16-14-36(3)15-21(16)40-28-33-24-17(26(34-28)38-10-8-37(9-11-38)22(39)5-2)6-7-31-27(24)41-25-18-13-32-35-20(18)12-19(30)23(25)29/h5-7,12-13,16,21H,2,4,8-11,14-15H2,1,3H3,(H,32,35)/t16-,21-/m1/s1. The Bertz CT molecular complexity index is 1620. The van der Waals surface area contributed by atoms with E-state index in [1.54, 1.807) is 17.2 Å². The number of piperazine rings is 1. The number of hydrogen-bond acceptors (Lipinski definition) is 9. The second-order valence-electron chi connectivity index (χ2n) is 10.3. The average molecular weight is 581 g/mol. The number of aromatic amines is 1. The maximum atomic E-state index is 14.6. The van der Waals surface area contributed by atoms with Crippen molar-refractivity contribution in [2.75, 3.05) is 51.2 Å². The van der Waals surface area contributed by atoms with Gasteiger partial charge in [-0.15, -0.1) is 0 Å². The molecule has 1 amide bonds. The number of ether oxygens (including phenoxy) is 2. The van der Waals surface area contributed by atoms with Gasteiger partial charge in [-0.3, -0.25) is 9.89 Å². The zero-order chi connectivity index (χ0) is 28.7. The molecular weight excluding hydrogens is 551 g/mol. The van der Waals surface area contributed by atoms with Crippen LogP contribution < -0.4 is 14.4 Å². The van der Waals surface area contributed by atoms with Gasteiger partial charge < -0.3 is 24.2 Å². The molecule has 0 aliphatic carbocycles. The summed E-state index contributed by atoms with van der Waals surface area (Å²) in [6.45, 7) is 9.57. The molecule has 0 bridgehead atoms. The molecule has 3 aromatic heterocycles. The van der Waals surface area contributed by atoms with E-state index in [1.165, 1.54) is 18.3 Å². The minimum atomic E-state index is -0.652. The van der Waals surface area contributed by atoms with Gasteiger partial charge in [-0.1, -0.05) is 25.1 Å². The number of pyridine rings is 1. The van der Waals surface area contributed by atoms with Gasteiger partial charge in [0.1, 0.15) is 28.3 Å². The molecule has 1 aromatic carbocycles. The number of carbonyl (C=O) groups excluding carboxylic acids is 1. The lowest BCUT2D eigenvalue weighted by Gasteiger charge is -2.35. The third kappa shape index (κ3) is 5.13. The summed E-state index contributed by atoms with van der Waals surface area (Å²) in [7, 11) is 2.07. The van der Waals surface area contributed by atoms with Crippen LogP contribution >= 0.6 is 11.6 Å². The van der Waals surface area contributed by atoms with Gasteiger partial charge in [-0.2, -0.15) is 15.1 Å². The quantitative estimate of drug-likeness (QED) is 0.324. The van der Waals surface area contributed by atoms with E-state index in [-0.39, 0.29) is 34.7 Å². The van der Waals surface area contributed by atoms with Gasteiger partial charge in [0.05, 0.1) is 22.5 Å². The number of aromatic nitrogens is 5. The van der Waals surface area contributed by atoms with Gasteiger partial charge in [0, 0.05) is 57.4 Å². The smallest absolute Gasteiger partial charge is 0.319 e. The summed E-state index contributed by atoms with van der Waals surface area (Å²) in [5.74, 6) is 0.429. The third-order valence-corrected chi connectivity index (χ3v) is 8.10. The summed E-state index contributed by atoms with van der Waals surface area (Å²) in [4.78, 5) is 32.3. The lowest BCUT2D eigenvalue weighted by Crippen LogP contribution is -2.48. The predicted molar refractivity (Wildman–Crippen MR) is 153 cm³/mol. The lowest BCUT2D eigenvalue weighted by atomic mass is 10.0. The topological polar surface area (TPSA) is 113 Å². The highest BCUT2D eigenvalue weighted by Crippen LogP contribution is 2.40. The molecule has 4 aromatic rings. The van der Waals surface area contributed by atoms with Crippen molar-refractivity contribution in [3.63, 3.8) is 0 Å².